The number of pyridine rings is 1. The minimum Gasteiger partial charge on any atom is -0.478 e. The molecule has 1 unspecified atom stereocenters. The highest BCUT2D eigenvalue weighted by Crippen LogP contribution is 2.34. The number of aliphatic imine (C=N–C) groups is 1. The van der Waals surface area contributed by atoms with Crippen LogP contribution in [0.5, 0.6) is 0 Å². The first kappa shape index (κ1) is 15.1. The number of nitrogens with zero attached hydrogens (tertiary/aromatic N) is 2. The lowest BCUT2D eigenvalue weighted by atomic mass is 9.86. The van der Waals surface area contributed by atoms with Gasteiger partial charge >= 0.3 is 5.97 Å². The summed E-state index contributed by atoms with van der Waals surface area (Å²) in [4.78, 5) is 32.3. The molecule has 0 aliphatic carbocycles. The average Bonchev–Trinajstić information content (AvgIpc) is 3.06. The third-order valence-electron chi connectivity index (χ3n) is 3.57. The Balaban J connectivity index is 2.09. The molecule has 1 aromatic carbocycles. The van der Waals surface area contributed by atoms with Gasteiger partial charge in [0, 0.05) is 18.0 Å². The van der Waals surface area contributed by atoms with E-state index in [1.165, 1.54) is 24.5 Å². The van der Waals surface area contributed by atoms with Gasteiger partial charge < -0.3 is 5.11 Å². The van der Waals surface area contributed by atoms with Crippen LogP contribution in [0.15, 0.2) is 59.7 Å². The van der Waals surface area contributed by atoms with Crippen LogP contribution in [0.3, 0.4) is 0 Å². The standard InChI is InChI=1S/C17H11ClN2O3/c18-13-5-2-1-4-12(13)15(21)17(8-3-9-20-17)14-7-6-11(10-19-14)16(22)23/h1-10H,(H,22,23). The van der Waals surface area contributed by atoms with Crippen LogP contribution < -0.4 is 0 Å². The molecule has 2 heterocycles. The molecule has 5 nitrogen and oxygen atoms in total. The average molecular weight is 327 g/mol. The molecule has 114 valence electrons. The second-order valence-corrected chi connectivity index (χ2v) is 5.36. The van der Waals surface area contributed by atoms with Crippen LogP contribution in [0, 0.1) is 0 Å². The molecule has 2 aromatic rings. The number of aromatic nitrogens is 1. The lowest BCUT2D eigenvalue weighted by molar-refractivity contribution is 0.0696. The van der Waals surface area contributed by atoms with E-state index in [0.29, 0.717) is 16.3 Å². The first-order valence-electron chi connectivity index (χ1n) is 6.77. The summed E-state index contributed by atoms with van der Waals surface area (Å²) < 4.78 is 0. The highest BCUT2D eigenvalue weighted by Gasteiger charge is 2.41. The predicted molar refractivity (Wildman–Crippen MR) is 86.3 cm³/mol. The minimum absolute atomic E-state index is 0.0417. The number of carbonyl (C=O) groups is 2. The number of ketones is 1. The zero-order chi connectivity index (χ0) is 16.4. The number of hydrogen-bond donors (Lipinski definition) is 1. The fraction of sp³-hybridized carbons (Fsp3) is 0.0588. The van der Waals surface area contributed by atoms with Crippen LogP contribution in [-0.4, -0.2) is 28.1 Å². The summed E-state index contributed by atoms with van der Waals surface area (Å²) in [5.74, 6) is -1.40. The van der Waals surface area contributed by atoms with Gasteiger partial charge in [0.15, 0.2) is 5.54 Å². The first-order valence-corrected chi connectivity index (χ1v) is 7.14. The molecule has 23 heavy (non-hydrogen) atoms. The predicted octanol–water partition coefficient (Wildman–Crippen LogP) is 3.15. The Bertz CT molecular complexity index is 829. The van der Waals surface area contributed by atoms with Crippen molar-refractivity contribution in [3.8, 4) is 0 Å². The molecule has 0 saturated heterocycles. The lowest BCUT2D eigenvalue weighted by Gasteiger charge is -2.22. The van der Waals surface area contributed by atoms with Gasteiger partial charge in [-0.2, -0.15) is 0 Å². The molecule has 1 N–H and O–H groups in total. The highest BCUT2D eigenvalue weighted by molar-refractivity contribution is 6.34. The van der Waals surface area contributed by atoms with Gasteiger partial charge in [-0.15, -0.1) is 0 Å². The van der Waals surface area contributed by atoms with Crippen molar-refractivity contribution in [1.82, 2.24) is 4.98 Å². The van der Waals surface area contributed by atoms with Crippen LogP contribution in [0.1, 0.15) is 26.4 Å². The molecule has 0 amide bonds. The summed E-state index contributed by atoms with van der Waals surface area (Å²) >= 11 is 6.12. The maximum Gasteiger partial charge on any atom is 0.337 e. The fourth-order valence-electron chi connectivity index (χ4n) is 2.38. The van der Waals surface area contributed by atoms with E-state index in [1.807, 2.05) is 0 Å². The molecule has 1 aliphatic rings. The molecule has 1 atom stereocenters. The van der Waals surface area contributed by atoms with Crippen LogP contribution in [-0.2, 0) is 5.54 Å². The van der Waals surface area contributed by atoms with Crippen LogP contribution in [0.25, 0.3) is 0 Å². The normalized spacial score (nSPS) is 19.0. The Morgan fingerprint density at radius 1 is 1.13 bits per heavy atom. The van der Waals surface area contributed by atoms with Crippen molar-refractivity contribution in [2.75, 3.05) is 0 Å². The van der Waals surface area contributed by atoms with Gasteiger partial charge in [0.2, 0.25) is 5.78 Å². The number of aromatic carboxylic acids is 1. The summed E-state index contributed by atoms with van der Waals surface area (Å²) in [5, 5.41) is 9.29. The van der Waals surface area contributed by atoms with Crippen molar-refractivity contribution < 1.29 is 14.7 Å². The van der Waals surface area contributed by atoms with E-state index < -0.39 is 11.5 Å². The molecule has 1 aliphatic heterocycles. The number of hydrogen-bond acceptors (Lipinski definition) is 4. The first-order chi connectivity index (χ1) is 11.0. The highest BCUT2D eigenvalue weighted by atomic mass is 35.5. The molecule has 0 fully saturated rings. The van der Waals surface area contributed by atoms with E-state index in [2.05, 4.69) is 9.98 Å². The zero-order valence-corrected chi connectivity index (χ0v) is 12.6. The number of carbonyl (C=O) groups excluding carboxylic acids is 1. The quantitative estimate of drug-likeness (QED) is 0.875. The van der Waals surface area contributed by atoms with Crippen molar-refractivity contribution in [2.45, 2.75) is 5.54 Å². The number of carboxylic acids is 1. The molecular weight excluding hydrogens is 316 g/mol. The van der Waals surface area contributed by atoms with E-state index in [4.69, 9.17) is 16.7 Å². The second kappa shape index (κ2) is 5.78. The maximum atomic E-state index is 13.0. The third-order valence-corrected chi connectivity index (χ3v) is 3.90. The van der Waals surface area contributed by atoms with Crippen molar-refractivity contribution in [3.05, 3.63) is 76.6 Å². The van der Waals surface area contributed by atoms with Gasteiger partial charge in [-0.05, 0) is 36.4 Å². The molecule has 0 radical (unpaired) electrons. The Hall–Kier alpha value is -2.79. The molecule has 6 heteroatoms. The number of halogens is 1. The molecule has 0 spiro atoms. The lowest BCUT2D eigenvalue weighted by Crippen LogP contribution is -2.32. The molecular formula is C17H11ClN2O3. The van der Waals surface area contributed by atoms with Crippen LogP contribution in [0.4, 0.5) is 0 Å². The third kappa shape index (κ3) is 2.55. The van der Waals surface area contributed by atoms with Crippen LogP contribution >= 0.6 is 11.6 Å². The zero-order valence-electron chi connectivity index (χ0n) is 11.8. The van der Waals surface area contributed by atoms with Crippen molar-refractivity contribution in [2.24, 2.45) is 4.99 Å². The van der Waals surface area contributed by atoms with Crippen molar-refractivity contribution in [3.63, 3.8) is 0 Å². The monoisotopic (exact) mass is 326 g/mol. The number of rotatable bonds is 4. The Kier molecular flexibility index (Phi) is 3.80. The van der Waals surface area contributed by atoms with Gasteiger partial charge in [0.25, 0.3) is 0 Å². The van der Waals surface area contributed by atoms with E-state index >= 15 is 0 Å². The number of carboxylic acid groups (broad SMARTS) is 1. The SMILES string of the molecule is O=C(O)c1ccc(C2(C(=O)c3ccccc3Cl)C=CC=N2)nc1. The Morgan fingerprint density at radius 3 is 2.48 bits per heavy atom. The Labute approximate surface area is 137 Å². The van der Waals surface area contributed by atoms with E-state index in [-0.39, 0.29) is 11.3 Å². The number of allylic oxidation sites excluding steroid dienone is 1. The van der Waals surface area contributed by atoms with E-state index in [1.54, 1.807) is 36.4 Å². The Morgan fingerprint density at radius 2 is 1.91 bits per heavy atom. The topological polar surface area (TPSA) is 79.6 Å². The summed E-state index contributed by atoms with van der Waals surface area (Å²) in [6.45, 7) is 0. The molecule has 0 saturated carbocycles. The number of benzene rings is 1. The van der Waals surface area contributed by atoms with Gasteiger partial charge in [-0.1, -0.05) is 23.7 Å². The van der Waals surface area contributed by atoms with Crippen LogP contribution in [0.2, 0.25) is 5.02 Å². The maximum absolute atomic E-state index is 13.0. The smallest absolute Gasteiger partial charge is 0.337 e. The van der Waals surface area contributed by atoms with E-state index in [0.717, 1.165) is 0 Å². The molecule has 1 aromatic heterocycles. The minimum atomic E-state index is -1.32. The van der Waals surface area contributed by atoms with Crippen molar-refractivity contribution >= 4 is 29.6 Å². The molecule has 0 bridgehead atoms. The fourth-order valence-corrected chi connectivity index (χ4v) is 2.61. The van der Waals surface area contributed by atoms with Gasteiger partial charge in [-0.25, -0.2) is 4.79 Å². The van der Waals surface area contributed by atoms with Crippen molar-refractivity contribution in [1.29, 1.82) is 0 Å². The second-order valence-electron chi connectivity index (χ2n) is 4.95. The summed E-state index contributed by atoms with van der Waals surface area (Å²) in [6.07, 6.45) is 6.01. The summed E-state index contributed by atoms with van der Waals surface area (Å²) in [6, 6.07) is 9.60. The summed E-state index contributed by atoms with van der Waals surface area (Å²) in [7, 11) is 0. The summed E-state index contributed by atoms with van der Waals surface area (Å²) in [5.41, 5.74) is -0.596. The van der Waals surface area contributed by atoms with Gasteiger partial charge in [0.05, 0.1) is 16.3 Å². The van der Waals surface area contributed by atoms with Gasteiger partial charge in [0.1, 0.15) is 0 Å². The van der Waals surface area contributed by atoms with Gasteiger partial charge in [-0.3, -0.25) is 14.8 Å². The largest absolute Gasteiger partial charge is 0.478 e. The van der Waals surface area contributed by atoms with E-state index in [9.17, 15) is 9.59 Å². The molecule has 3 rings (SSSR count). The number of Topliss-reactive ketones (excluding diaryl/α,β-unsaturated/α-hetero) is 1.